The summed E-state index contributed by atoms with van der Waals surface area (Å²) in [6.45, 7) is 6.26. The van der Waals surface area contributed by atoms with Crippen molar-refractivity contribution < 1.29 is 14.3 Å². The van der Waals surface area contributed by atoms with Crippen molar-refractivity contribution in [3.8, 4) is 11.5 Å². The molecule has 3 rings (SSSR count). The number of hydrogen-bond acceptors (Lipinski definition) is 5. The first-order valence-corrected chi connectivity index (χ1v) is 8.94. The van der Waals surface area contributed by atoms with E-state index in [1.165, 1.54) is 14.2 Å². The van der Waals surface area contributed by atoms with Gasteiger partial charge in [0.05, 0.1) is 25.3 Å². The number of carbonyl (C=O) groups is 1. The van der Waals surface area contributed by atoms with E-state index in [9.17, 15) is 9.59 Å². The molecule has 0 spiro atoms. The summed E-state index contributed by atoms with van der Waals surface area (Å²) >= 11 is 0. The standard InChI is InChI=1S/C21H23N3O4/c1-6-24-18-8-13(3)12(2)7-17(18)23-19(21(24)26)20(25)22-14-9-15(27-4)11-16(10-14)28-5/h7-11H,6H2,1-5H3,(H,22,25). The average Bonchev–Trinajstić information content (AvgIpc) is 2.68. The summed E-state index contributed by atoms with van der Waals surface area (Å²) in [5.74, 6) is 0.471. The summed E-state index contributed by atoms with van der Waals surface area (Å²) in [6.07, 6.45) is 0. The van der Waals surface area contributed by atoms with Crippen molar-refractivity contribution in [2.45, 2.75) is 27.3 Å². The Kier molecular flexibility index (Phi) is 5.35. The molecular formula is C21H23N3O4. The van der Waals surface area contributed by atoms with Crippen molar-refractivity contribution in [2.75, 3.05) is 19.5 Å². The van der Waals surface area contributed by atoms with Gasteiger partial charge < -0.3 is 19.4 Å². The van der Waals surface area contributed by atoms with E-state index in [-0.39, 0.29) is 5.69 Å². The van der Waals surface area contributed by atoms with Crippen molar-refractivity contribution in [2.24, 2.45) is 0 Å². The maximum Gasteiger partial charge on any atom is 0.282 e. The lowest BCUT2D eigenvalue weighted by Gasteiger charge is -2.13. The zero-order valence-electron chi connectivity index (χ0n) is 16.6. The number of methoxy groups -OCH3 is 2. The number of benzene rings is 2. The van der Waals surface area contributed by atoms with Crippen LogP contribution in [0.25, 0.3) is 11.0 Å². The van der Waals surface area contributed by atoms with E-state index >= 15 is 0 Å². The molecule has 146 valence electrons. The Morgan fingerprint density at radius 2 is 1.64 bits per heavy atom. The molecule has 0 atom stereocenters. The largest absolute Gasteiger partial charge is 0.497 e. The lowest BCUT2D eigenvalue weighted by molar-refractivity contribution is 0.102. The van der Waals surface area contributed by atoms with Crippen molar-refractivity contribution >= 4 is 22.6 Å². The Hall–Kier alpha value is -3.35. The van der Waals surface area contributed by atoms with E-state index in [4.69, 9.17) is 9.47 Å². The van der Waals surface area contributed by atoms with E-state index in [1.807, 2.05) is 32.9 Å². The van der Waals surface area contributed by atoms with Gasteiger partial charge in [0.2, 0.25) is 0 Å². The molecule has 3 aromatic rings. The van der Waals surface area contributed by atoms with Gasteiger partial charge in [-0.25, -0.2) is 4.98 Å². The molecule has 7 nitrogen and oxygen atoms in total. The van der Waals surface area contributed by atoms with Crippen molar-refractivity contribution in [3.63, 3.8) is 0 Å². The predicted octanol–water partition coefficient (Wildman–Crippen LogP) is 3.30. The van der Waals surface area contributed by atoms with Crippen LogP contribution < -0.4 is 20.3 Å². The number of aryl methyl sites for hydroxylation is 3. The summed E-state index contributed by atoms with van der Waals surface area (Å²) in [4.78, 5) is 30.1. The number of nitrogens with one attached hydrogen (secondary N) is 1. The summed E-state index contributed by atoms with van der Waals surface area (Å²) < 4.78 is 12.0. The van der Waals surface area contributed by atoms with Gasteiger partial charge in [-0.05, 0) is 44.0 Å². The zero-order chi connectivity index (χ0) is 20.4. The number of rotatable bonds is 5. The molecule has 0 saturated heterocycles. The molecule has 0 aliphatic heterocycles. The second-order valence-corrected chi connectivity index (χ2v) is 6.49. The van der Waals surface area contributed by atoms with E-state index in [1.54, 1.807) is 22.8 Å². The van der Waals surface area contributed by atoms with E-state index in [0.29, 0.717) is 29.2 Å². The van der Waals surface area contributed by atoms with Crippen LogP contribution in [0.2, 0.25) is 0 Å². The topological polar surface area (TPSA) is 82.5 Å². The SMILES string of the molecule is CCn1c(=O)c(C(=O)Nc2cc(OC)cc(OC)c2)nc2cc(C)c(C)cc21. The van der Waals surface area contributed by atoms with Gasteiger partial charge in [-0.1, -0.05) is 0 Å². The average molecular weight is 381 g/mol. The van der Waals surface area contributed by atoms with Crippen LogP contribution in [0.15, 0.2) is 35.1 Å². The molecule has 1 N–H and O–H groups in total. The van der Waals surface area contributed by atoms with Gasteiger partial charge in [0.25, 0.3) is 11.5 Å². The first-order chi connectivity index (χ1) is 13.4. The minimum Gasteiger partial charge on any atom is -0.497 e. The predicted molar refractivity (Wildman–Crippen MR) is 109 cm³/mol. The number of fused-ring (bicyclic) bond motifs is 1. The first kappa shape index (κ1) is 19.4. The summed E-state index contributed by atoms with van der Waals surface area (Å²) in [7, 11) is 3.05. The molecule has 1 heterocycles. The highest BCUT2D eigenvalue weighted by Crippen LogP contribution is 2.26. The van der Waals surface area contributed by atoms with Gasteiger partial charge in [0.15, 0.2) is 5.69 Å². The van der Waals surface area contributed by atoms with Crippen LogP contribution in [0.3, 0.4) is 0 Å². The molecule has 7 heteroatoms. The van der Waals surface area contributed by atoms with Crippen LogP contribution in [-0.2, 0) is 6.54 Å². The van der Waals surface area contributed by atoms with Gasteiger partial charge in [-0.2, -0.15) is 0 Å². The van der Waals surface area contributed by atoms with Crippen LogP contribution in [0.5, 0.6) is 11.5 Å². The quantitative estimate of drug-likeness (QED) is 0.733. The fraction of sp³-hybridized carbons (Fsp3) is 0.286. The third-order valence-electron chi connectivity index (χ3n) is 4.70. The molecule has 0 radical (unpaired) electrons. The molecule has 0 aliphatic rings. The number of aromatic nitrogens is 2. The van der Waals surface area contributed by atoms with Crippen LogP contribution in [-0.4, -0.2) is 29.7 Å². The molecule has 0 fully saturated rings. The number of anilines is 1. The third kappa shape index (κ3) is 3.55. The van der Waals surface area contributed by atoms with E-state index in [2.05, 4.69) is 10.3 Å². The Morgan fingerprint density at radius 1 is 1.04 bits per heavy atom. The molecule has 1 aromatic heterocycles. The fourth-order valence-corrected chi connectivity index (χ4v) is 3.03. The highest BCUT2D eigenvalue weighted by Gasteiger charge is 2.18. The minimum atomic E-state index is -0.581. The summed E-state index contributed by atoms with van der Waals surface area (Å²) in [5.41, 5.74) is 3.31. The number of nitrogens with zero attached hydrogens (tertiary/aromatic N) is 2. The molecule has 28 heavy (non-hydrogen) atoms. The van der Waals surface area contributed by atoms with Crippen LogP contribution in [0.1, 0.15) is 28.5 Å². The molecule has 2 aromatic carbocycles. The number of amides is 1. The van der Waals surface area contributed by atoms with Gasteiger partial charge >= 0.3 is 0 Å². The van der Waals surface area contributed by atoms with Gasteiger partial charge in [0, 0.05) is 30.4 Å². The minimum absolute atomic E-state index is 0.153. The Morgan fingerprint density at radius 3 is 2.21 bits per heavy atom. The number of carbonyl (C=O) groups excluding carboxylic acids is 1. The second-order valence-electron chi connectivity index (χ2n) is 6.49. The number of hydrogen-bond donors (Lipinski definition) is 1. The highest BCUT2D eigenvalue weighted by molar-refractivity contribution is 6.03. The van der Waals surface area contributed by atoms with Crippen molar-refractivity contribution in [1.82, 2.24) is 9.55 Å². The molecule has 1 amide bonds. The first-order valence-electron chi connectivity index (χ1n) is 8.94. The van der Waals surface area contributed by atoms with Crippen molar-refractivity contribution in [3.05, 3.63) is 57.5 Å². The smallest absolute Gasteiger partial charge is 0.282 e. The lowest BCUT2D eigenvalue weighted by atomic mass is 10.1. The van der Waals surface area contributed by atoms with Crippen LogP contribution in [0, 0.1) is 13.8 Å². The van der Waals surface area contributed by atoms with E-state index < -0.39 is 11.5 Å². The zero-order valence-corrected chi connectivity index (χ0v) is 16.6. The summed E-state index contributed by atoms with van der Waals surface area (Å²) in [5, 5.41) is 2.72. The maximum absolute atomic E-state index is 12.9. The molecule has 0 unspecified atom stereocenters. The van der Waals surface area contributed by atoms with Crippen LogP contribution in [0.4, 0.5) is 5.69 Å². The van der Waals surface area contributed by atoms with Crippen molar-refractivity contribution in [1.29, 1.82) is 0 Å². The molecule has 0 aliphatic carbocycles. The second kappa shape index (κ2) is 7.72. The summed E-state index contributed by atoms with van der Waals surface area (Å²) in [6, 6.07) is 8.80. The monoisotopic (exact) mass is 381 g/mol. The molecule has 0 saturated carbocycles. The lowest BCUT2D eigenvalue weighted by Crippen LogP contribution is -2.31. The third-order valence-corrected chi connectivity index (χ3v) is 4.70. The van der Waals surface area contributed by atoms with Gasteiger partial charge in [-0.15, -0.1) is 0 Å². The highest BCUT2D eigenvalue weighted by atomic mass is 16.5. The normalized spacial score (nSPS) is 10.8. The Bertz CT molecular complexity index is 1100. The molecular weight excluding hydrogens is 358 g/mol. The fourth-order valence-electron chi connectivity index (χ4n) is 3.03. The maximum atomic E-state index is 12.9. The Labute approximate surface area is 162 Å². The van der Waals surface area contributed by atoms with E-state index in [0.717, 1.165) is 16.6 Å². The number of ether oxygens (including phenoxy) is 2. The van der Waals surface area contributed by atoms with Crippen LogP contribution >= 0.6 is 0 Å². The molecule has 0 bridgehead atoms. The van der Waals surface area contributed by atoms with Gasteiger partial charge in [-0.3, -0.25) is 9.59 Å². The van der Waals surface area contributed by atoms with Gasteiger partial charge in [0.1, 0.15) is 11.5 Å². The Balaban J connectivity index is 2.08.